The third kappa shape index (κ3) is 3.11. The summed E-state index contributed by atoms with van der Waals surface area (Å²) in [6, 6.07) is 7.63. The van der Waals surface area contributed by atoms with Crippen LogP contribution in [0.2, 0.25) is 0 Å². The number of thiophene rings is 1. The Bertz CT molecular complexity index is 939. The number of aryl methyl sites for hydroxylation is 2. The van der Waals surface area contributed by atoms with E-state index in [2.05, 4.69) is 16.7 Å². The third-order valence-electron chi connectivity index (χ3n) is 5.00. The van der Waals surface area contributed by atoms with Crippen LogP contribution in [0.4, 0.5) is 10.7 Å². The van der Waals surface area contributed by atoms with E-state index in [1.165, 1.54) is 16.2 Å². The second kappa shape index (κ2) is 6.93. The Hall–Kier alpha value is -2.65. The number of carbonyl (C=O) groups is 2. The first kappa shape index (κ1) is 16.8. The monoisotopic (exact) mass is 365 g/mol. The van der Waals surface area contributed by atoms with Gasteiger partial charge >= 0.3 is 0 Å². The fourth-order valence-corrected chi connectivity index (χ4v) is 4.90. The third-order valence-corrected chi connectivity index (χ3v) is 6.21. The zero-order valence-electron chi connectivity index (χ0n) is 14.4. The Labute approximate surface area is 156 Å². The van der Waals surface area contributed by atoms with Crippen molar-refractivity contribution in [1.29, 1.82) is 5.26 Å². The summed E-state index contributed by atoms with van der Waals surface area (Å²) in [6.45, 7) is 0. The SMILES string of the molecule is N#Cc1c(NC(=O)c2ccc3c(c2)CCCC(=O)N3)sc2c1CCCC2. The summed E-state index contributed by atoms with van der Waals surface area (Å²) in [6.07, 6.45) is 6.20. The number of rotatable bonds is 2. The number of hydrogen-bond acceptors (Lipinski definition) is 4. The van der Waals surface area contributed by atoms with Crippen molar-refractivity contribution in [3.05, 3.63) is 45.3 Å². The van der Waals surface area contributed by atoms with E-state index in [0.717, 1.165) is 55.3 Å². The molecule has 2 N–H and O–H groups in total. The molecule has 4 rings (SSSR count). The van der Waals surface area contributed by atoms with Crippen molar-refractivity contribution < 1.29 is 9.59 Å². The van der Waals surface area contributed by atoms with Gasteiger partial charge in [0, 0.05) is 22.5 Å². The fraction of sp³-hybridized carbons (Fsp3) is 0.350. The minimum absolute atomic E-state index is 0.0174. The molecule has 1 aliphatic carbocycles. The van der Waals surface area contributed by atoms with Crippen molar-refractivity contribution in [2.24, 2.45) is 0 Å². The molecular formula is C20H19N3O2S. The van der Waals surface area contributed by atoms with Gasteiger partial charge in [-0.2, -0.15) is 5.26 Å². The molecule has 0 unspecified atom stereocenters. The lowest BCUT2D eigenvalue weighted by atomic mass is 9.96. The maximum Gasteiger partial charge on any atom is 0.256 e. The summed E-state index contributed by atoms with van der Waals surface area (Å²) >= 11 is 1.53. The van der Waals surface area contributed by atoms with Crippen molar-refractivity contribution in [1.82, 2.24) is 0 Å². The Morgan fingerprint density at radius 1 is 1.15 bits per heavy atom. The first-order valence-electron chi connectivity index (χ1n) is 8.94. The van der Waals surface area contributed by atoms with Crippen LogP contribution in [-0.2, 0) is 24.1 Å². The van der Waals surface area contributed by atoms with Crippen molar-refractivity contribution in [2.75, 3.05) is 10.6 Å². The lowest BCUT2D eigenvalue weighted by Gasteiger charge is -2.10. The summed E-state index contributed by atoms with van der Waals surface area (Å²) < 4.78 is 0. The molecule has 0 spiro atoms. The van der Waals surface area contributed by atoms with Gasteiger partial charge < -0.3 is 10.6 Å². The van der Waals surface area contributed by atoms with E-state index >= 15 is 0 Å². The normalized spacial score (nSPS) is 15.9. The maximum absolute atomic E-state index is 12.7. The summed E-state index contributed by atoms with van der Waals surface area (Å²) in [5.41, 5.74) is 4.06. The number of anilines is 2. The van der Waals surface area contributed by atoms with Crippen LogP contribution >= 0.6 is 11.3 Å². The molecule has 2 aliphatic rings. The van der Waals surface area contributed by atoms with Crippen LogP contribution < -0.4 is 10.6 Å². The Balaban J connectivity index is 1.60. The van der Waals surface area contributed by atoms with Crippen molar-refractivity contribution >= 4 is 33.8 Å². The number of nitrogens with one attached hydrogen (secondary N) is 2. The number of amides is 2. The number of benzene rings is 1. The molecule has 0 saturated carbocycles. The molecule has 132 valence electrons. The highest BCUT2D eigenvalue weighted by atomic mass is 32.1. The number of hydrogen-bond donors (Lipinski definition) is 2. The number of nitrogens with zero attached hydrogens (tertiary/aromatic N) is 1. The topological polar surface area (TPSA) is 82.0 Å². The molecule has 2 amide bonds. The van der Waals surface area contributed by atoms with Gasteiger partial charge in [0.05, 0.1) is 5.56 Å². The number of nitriles is 1. The van der Waals surface area contributed by atoms with E-state index in [-0.39, 0.29) is 11.8 Å². The fourth-order valence-electron chi connectivity index (χ4n) is 3.66. The van der Waals surface area contributed by atoms with Gasteiger partial charge in [-0.1, -0.05) is 0 Å². The van der Waals surface area contributed by atoms with Gasteiger partial charge in [-0.25, -0.2) is 0 Å². The zero-order valence-corrected chi connectivity index (χ0v) is 15.2. The van der Waals surface area contributed by atoms with E-state index < -0.39 is 0 Å². The van der Waals surface area contributed by atoms with Gasteiger partial charge in [-0.05, 0) is 67.9 Å². The molecule has 0 atom stereocenters. The summed E-state index contributed by atoms with van der Waals surface area (Å²) in [4.78, 5) is 25.6. The quantitative estimate of drug-likeness (QED) is 0.843. The highest BCUT2D eigenvalue weighted by Gasteiger charge is 2.22. The lowest BCUT2D eigenvalue weighted by Crippen LogP contribution is -2.13. The van der Waals surface area contributed by atoms with Crippen LogP contribution in [-0.4, -0.2) is 11.8 Å². The minimum atomic E-state index is -0.210. The average Bonchev–Trinajstić information content (AvgIpc) is 2.87. The van der Waals surface area contributed by atoms with Crippen molar-refractivity contribution in [2.45, 2.75) is 44.9 Å². The molecule has 2 heterocycles. The van der Waals surface area contributed by atoms with Crippen LogP contribution in [0.3, 0.4) is 0 Å². The predicted octanol–water partition coefficient (Wildman–Crippen LogP) is 4.03. The first-order chi connectivity index (χ1) is 12.7. The molecule has 0 radical (unpaired) electrons. The molecule has 1 aromatic heterocycles. The van der Waals surface area contributed by atoms with Crippen molar-refractivity contribution in [3.8, 4) is 6.07 Å². The number of fused-ring (bicyclic) bond motifs is 2. The van der Waals surface area contributed by atoms with Gasteiger partial charge in [-0.3, -0.25) is 9.59 Å². The summed E-state index contributed by atoms with van der Waals surface area (Å²) in [7, 11) is 0. The van der Waals surface area contributed by atoms with E-state index in [1.807, 2.05) is 6.07 Å². The lowest BCUT2D eigenvalue weighted by molar-refractivity contribution is -0.116. The van der Waals surface area contributed by atoms with E-state index in [4.69, 9.17) is 0 Å². The summed E-state index contributed by atoms with van der Waals surface area (Å²) in [5.74, 6) is -0.192. The average molecular weight is 365 g/mol. The standard InChI is InChI=1S/C20H19N3O2S/c21-11-15-14-5-1-2-6-17(14)26-20(15)23-19(25)13-8-9-16-12(10-13)4-3-7-18(24)22-16/h8-10H,1-7H2,(H,22,24)(H,23,25). The highest BCUT2D eigenvalue weighted by Crippen LogP contribution is 2.38. The van der Waals surface area contributed by atoms with Gasteiger partial charge in [0.25, 0.3) is 5.91 Å². The highest BCUT2D eigenvalue weighted by molar-refractivity contribution is 7.16. The largest absolute Gasteiger partial charge is 0.326 e. The zero-order chi connectivity index (χ0) is 18.1. The van der Waals surface area contributed by atoms with Crippen LogP contribution in [0.5, 0.6) is 0 Å². The van der Waals surface area contributed by atoms with Crippen molar-refractivity contribution in [3.63, 3.8) is 0 Å². The van der Waals surface area contributed by atoms with Gasteiger partial charge in [-0.15, -0.1) is 11.3 Å². The molecular weight excluding hydrogens is 346 g/mol. The number of carbonyl (C=O) groups excluding carboxylic acids is 2. The first-order valence-corrected chi connectivity index (χ1v) is 9.76. The van der Waals surface area contributed by atoms with E-state index in [0.29, 0.717) is 22.5 Å². The second-order valence-electron chi connectivity index (χ2n) is 6.75. The maximum atomic E-state index is 12.7. The van der Waals surface area contributed by atoms with E-state index in [1.54, 1.807) is 12.1 Å². The van der Waals surface area contributed by atoms with Crippen LogP contribution in [0.15, 0.2) is 18.2 Å². The minimum Gasteiger partial charge on any atom is -0.326 e. The molecule has 1 aliphatic heterocycles. The molecule has 0 fully saturated rings. The molecule has 6 heteroatoms. The molecule has 0 saturated heterocycles. The van der Waals surface area contributed by atoms with E-state index in [9.17, 15) is 14.9 Å². The predicted molar refractivity (Wildman–Crippen MR) is 102 cm³/mol. The Kier molecular flexibility index (Phi) is 4.48. The Morgan fingerprint density at radius 2 is 2.00 bits per heavy atom. The van der Waals surface area contributed by atoms with Gasteiger partial charge in [0.2, 0.25) is 5.91 Å². The smallest absolute Gasteiger partial charge is 0.256 e. The molecule has 26 heavy (non-hydrogen) atoms. The molecule has 0 bridgehead atoms. The van der Waals surface area contributed by atoms with Gasteiger partial charge in [0.15, 0.2) is 0 Å². The van der Waals surface area contributed by atoms with Gasteiger partial charge in [0.1, 0.15) is 11.1 Å². The molecule has 2 aromatic rings. The molecule has 1 aromatic carbocycles. The van der Waals surface area contributed by atoms with Crippen LogP contribution in [0.25, 0.3) is 0 Å². The second-order valence-corrected chi connectivity index (χ2v) is 7.86. The Morgan fingerprint density at radius 3 is 2.85 bits per heavy atom. The molecule has 5 nitrogen and oxygen atoms in total. The van der Waals surface area contributed by atoms with Crippen LogP contribution in [0, 0.1) is 11.3 Å². The van der Waals surface area contributed by atoms with Crippen LogP contribution in [0.1, 0.15) is 57.6 Å². The summed E-state index contributed by atoms with van der Waals surface area (Å²) in [5, 5.41) is 16.0.